The summed E-state index contributed by atoms with van der Waals surface area (Å²) in [6.45, 7) is 5.10. The summed E-state index contributed by atoms with van der Waals surface area (Å²) in [7, 11) is 0. The molecule has 1 aliphatic heterocycles. The van der Waals surface area contributed by atoms with E-state index in [1.54, 1.807) is 0 Å². The Bertz CT molecular complexity index is 411. The Hall–Kier alpha value is -0.800. The first-order chi connectivity index (χ1) is 8.16. The minimum atomic E-state index is 0.266. The molecule has 92 valence electrons. The van der Waals surface area contributed by atoms with Crippen molar-refractivity contribution in [3.63, 3.8) is 0 Å². The van der Waals surface area contributed by atoms with E-state index >= 15 is 0 Å². The topological polar surface area (TPSA) is 29.1 Å². The monoisotopic (exact) mass is 249 g/mol. The Morgan fingerprint density at radius 3 is 2.94 bits per heavy atom. The van der Waals surface area contributed by atoms with Gasteiger partial charge in [0.1, 0.15) is 0 Å². The van der Waals surface area contributed by atoms with Gasteiger partial charge in [-0.25, -0.2) is 0 Å². The van der Waals surface area contributed by atoms with Crippen LogP contribution in [0.3, 0.4) is 0 Å². The van der Waals surface area contributed by atoms with Gasteiger partial charge in [0, 0.05) is 36.1 Å². The molecule has 17 heavy (non-hydrogen) atoms. The molecule has 2 nitrogen and oxygen atoms in total. The number of Topliss-reactive ketones (excluding diaryl/α,β-unsaturated/α-hetero) is 1. The average Bonchev–Trinajstić information content (AvgIpc) is 2.30. The first kappa shape index (κ1) is 12.7. The lowest BCUT2D eigenvalue weighted by Gasteiger charge is -2.22. The minimum Gasteiger partial charge on any atom is -0.312 e. The van der Waals surface area contributed by atoms with E-state index in [0.29, 0.717) is 12.5 Å². The lowest BCUT2D eigenvalue weighted by molar-refractivity contribution is 0.0971. The van der Waals surface area contributed by atoms with Crippen LogP contribution < -0.4 is 5.32 Å². The van der Waals surface area contributed by atoms with Crippen LogP contribution >= 0.6 is 11.8 Å². The number of carbonyl (C=O) groups is 1. The largest absolute Gasteiger partial charge is 0.312 e. The van der Waals surface area contributed by atoms with Crippen LogP contribution in [-0.4, -0.2) is 29.9 Å². The fourth-order valence-corrected chi connectivity index (χ4v) is 3.16. The smallest absolute Gasteiger partial charge is 0.164 e. The maximum atomic E-state index is 12.2. The fraction of sp³-hybridized carbons (Fsp3) is 0.500. The molecular formula is C14H19NOS. The summed E-state index contributed by atoms with van der Waals surface area (Å²) in [5.74, 6) is 2.48. The Kier molecular flexibility index (Phi) is 4.24. The number of nitrogens with one attached hydrogen (secondary N) is 1. The van der Waals surface area contributed by atoms with E-state index in [2.05, 4.69) is 18.3 Å². The quantitative estimate of drug-likeness (QED) is 0.835. The average molecular weight is 249 g/mol. The van der Waals surface area contributed by atoms with Crippen LogP contribution in [0.2, 0.25) is 0 Å². The summed E-state index contributed by atoms with van der Waals surface area (Å²) >= 11 is 1.93. The van der Waals surface area contributed by atoms with Crippen molar-refractivity contribution in [2.45, 2.75) is 26.3 Å². The Balaban J connectivity index is 2.03. The molecule has 1 atom stereocenters. The third-order valence-corrected chi connectivity index (χ3v) is 4.24. The second-order valence-corrected chi connectivity index (χ2v) is 5.82. The van der Waals surface area contributed by atoms with Gasteiger partial charge >= 0.3 is 0 Å². The number of aryl methyl sites for hydroxylation is 2. The molecule has 2 rings (SSSR count). The molecule has 0 saturated carbocycles. The zero-order valence-electron chi connectivity index (χ0n) is 10.5. The summed E-state index contributed by atoms with van der Waals surface area (Å²) in [4.78, 5) is 12.2. The Morgan fingerprint density at radius 1 is 1.47 bits per heavy atom. The zero-order chi connectivity index (χ0) is 12.3. The van der Waals surface area contributed by atoms with E-state index in [1.807, 2.05) is 30.8 Å². The van der Waals surface area contributed by atoms with E-state index in [9.17, 15) is 4.79 Å². The number of ketones is 1. The number of hydrogen-bond acceptors (Lipinski definition) is 3. The van der Waals surface area contributed by atoms with Gasteiger partial charge in [-0.1, -0.05) is 23.8 Å². The van der Waals surface area contributed by atoms with E-state index in [1.165, 1.54) is 5.56 Å². The standard InChI is InChI=1S/C14H19NOS/c1-10-3-4-13(11(2)7-10)14(16)8-12-9-17-6-5-15-12/h3-4,7,12,15H,5-6,8-9H2,1-2H3. The molecule has 1 aliphatic rings. The van der Waals surface area contributed by atoms with Crippen LogP contribution in [0.4, 0.5) is 0 Å². The van der Waals surface area contributed by atoms with Gasteiger partial charge in [-0.3, -0.25) is 4.79 Å². The normalized spacial score (nSPS) is 20.2. The van der Waals surface area contributed by atoms with Gasteiger partial charge in [0.25, 0.3) is 0 Å². The molecule has 1 heterocycles. The highest BCUT2D eigenvalue weighted by Crippen LogP contribution is 2.16. The second-order valence-electron chi connectivity index (χ2n) is 4.67. The number of hydrogen-bond donors (Lipinski definition) is 1. The predicted octanol–water partition coefficient (Wildman–Crippen LogP) is 2.58. The molecule has 0 bridgehead atoms. The highest BCUT2D eigenvalue weighted by molar-refractivity contribution is 7.99. The molecule has 0 amide bonds. The SMILES string of the molecule is Cc1ccc(C(=O)CC2CSCCN2)c(C)c1. The number of carbonyl (C=O) groups excluding carboxylic acids is 1. The molecule has 1 aromatic rings. The van der Waals surface area contributed by atoms with Crippen molar-refractivity contribution in [1.82, 2.24) is 5.32 Å². The van der Waals surface area contributed by atoms with Gasteiger partial charge in [-0.05, 0) is 19.4 Å². The zero-order valence-corrected chi connectivity index (χ0v) is 11.3. The van der Waals surface area contributed by atoms with Gasteiger partial charge in [-0.15, -0.1) is 0 Å². The van der Waals surface area contributed by atoms with Crippen molar-refractivity contribution in [3.8, 4) is 0 Å². The molecule has 0 aliphatic carbocycles. The van der Waals surface area contributed by atoms with Crippen LogP contribution in [0.1, 0.15) is 27.9 Å². The summed E-state index contributed by atoms with van der Waals surface area (Å²) in [5, 5.41) is 3.41. The first-order valence-electron chi connectivity index (χ1n) is 6.08. The summed E-state index contributed by atoms with van der Waals surface area (Å²) in [6.07, 6.45) is 0.622. The molecule has 1 fully saturated rings. The fourth-order valence-electron chi connectivity index (χ4n) is 2.21. The van der Waals surface area contributed by atoms with Gasteiger partial charge in [0.15, 0.2) is 5.78 Å². The summed E-state index contributed by atoms with van der Waals surface area (Å²) in [5.41, 5.74) is 3.19. The van der Waals surface area contributed by atoms with Crippen LogP contribution in [0.5, 0.6) is 0 Å². The van der Waals surface area contributed by atoms with Crippen molar-refractivity contribution < 1.29 is 4.79 Å². The van der Waals surface area contributed by atoms with E-state index in [0.717, 1.165) is 29.2 Å². The van der Waals surface area contributed by atoms with Gasteiger partial charge < -0.3 is 5.32 Å². The summed E-state index contributed by atoms with van der Waals surface area (Å²) < 4.78 is 0. The van der Waals surface area contributed by atoms with Crippen molar-refractivity contribution >= 4 is 17.5 Å². The van der Waals surface area contributed by atoms with Crippen molar-refractivity contribution in [3.05, 3.63) is 34.9 Å². The highest BCUT2D eigenvalue weighted by atomic mass is 32.2. The van der Waals surface area contributed by atoms with E-state index in [4.69, 9.17) is 0 Å². The van der Waals surface area contributed by atoms with Crippen molar-refractivity contribution in [2.24, 2.45) is 0 Å². The molecule has 1 N–H and O–H groups in total. The molecule has 1 unspecified atom stereocenters. The lowest BCUT2D eigenvalue weighted by atomic mass is 9.98. The third-order valence-electron chi connectivity index (χ3n) is 3.11. The third kappa shape index (κ3) is 3.33. The molecule has 3 heteroatoms. The van der Waals surface area contributed by atoms with Crippen LogP contribution in [0.15, 0.2) is 18.2 Å². The minimum absolute atomic E-state index is 0.266. The maximum absolute atomic E-state index is 12.2. The maximum Gasteiger partial charge on any atom is 0.164 e. The van der Waals surface area contributed by atoms with Crippen LogP contribution in [0, 0.1) is 13.8 Å². The van der Waals surface area contributed by atoms with Gasteiger partial charge in [0.2, 0.25) is 0 Å². The molecule has 0 radical (unpaired) electrons. The molecular weight excluding hydrogens is 230 g/mol. The van der Waals surface area contributed by atoms with Crippen LogP contribution in [0.25, 0.3) is 0 Å². The molecule has 1 aromatic carbocycles. The highest BCUT2D eigenvalue weighted by Gasteiger charge is 2.18. The van der Waals surface area contributed by atoms with Gasteiger partial charge in [0.05, 0.1) is 0 Å². The number of rotatable bonds is 3. The van der Waals surface area contributed by atoms with E-state index < -0.39 is 0 Å². The summed E-state index contributed by atoms with van der Waals surface area (Å²) in [6, 6.07) is 6.41. The molecule has 0 spiro atoms. The number of benzene rings is 1. The molecule has 1 saturated heterocycles. The van der Waals surface area contributed by atoms with Crippen molar-refractivity contribution in [2.75, 3.05) is 18.1 Å². The Labute approximate surface area is 107 Å². The van der Waals surface area contributed by atoms with E-state index in [-0.39, 0.29) is 5.78 Å². The Morgan fingerprint density at radius 2 is 2.29 bits per heavy atom. The predicted molar refractivity (Wildman–Crippen MR) is 74.0 cm³/mol. The second kappa shape index (κ2) is 5.69. The molecule has 0 aromatic heterocycles. The van der Waals surface area contributed by atoms with Gasteiger partial charge in [-0.2, -0.15) is 11.8 Å². The lowest BCUT2D eigenvalue weighted by Crippen LogP contribution is -2.38. The van der Waals surface area contributed by atoms with Crippen molar-refractivity contribution in [1.29, 1.82) is 0 Å². The number of thioether (sulfide) groups is 1. The van der Waals surface area contributed by atoms with Crippen LogP contribution in [-0.2, 0) is 0 Å². The first-order valence-corrected chi connectivity index (χ1v) is 7.24.